The highest BCUT2D eigenvalue weighted by Crippen LogP contribution is 2.20. The number of nitrogens with one attached hydrogen (secondary N) is 5. The van der Waals surface area contributed by atoms with E-state index in [-0.39, 0.29) is 23.4 Å². The fourth-order valence-electron chi connectivity index (χ4n) is 2.41. The number of para-hydroxylation sites is 4. The van der Waals surface area contributed by atoms with E-state index in [2.05, 4.69) is 31.2 Å². The molecule has 3 aromatic rings. The first-order valence-electron chi connectivity index (χ1n) is 9.89. The number of aromatic amines is 1. The summed E-state index contributed by atoms with van der Waals surface area (Å²) in [7, 11) is 0. The van der Waals surface area contributed by atoms with Crippen LogP contribution in [0.1, 0.15) is 13.8 Å². The zero-order valence-electron chi connectivity index (χ0n) is 18.0. The zero-order valence-corrected chi connectivity index (χ0v) is 19.6. The number of carbonyl (C=O) groups excluding carboxylic acids is 2. The second-order valence-electron chi connectivity index (χ2n) is 6.06. The largest absolute Gasteiger partial charge is 0.450 e. The minimum absolute atomic E-state index is 0.0620. The molecule has 33 heavy (non-hydrogen) atoms. The van der Waals surface area contributed by atoms with Crippen LogP contribution in [0.2, 0.25) is 0 Å². The first kappa shape index (κ1) is 25.5. The maximum atomic E-state index is 11.3. The van der Waals surface area contributed by atoms with E-state index in [0.717, 1.165) is 11.0 Å². The van der Waals surface area contributed by atoms with E-state index in [1.165, 1.54) is 0 Å². The van der Waals surface area contributed by atoms with Crippen LogP contribution in [0.15, 0.2) is 54.9 Å². The number of aromatic nitrogens is 2. The normalized spacial score (nSPS) is 9.64. The summed E-state index contributed by atoms with van der Waals surface area (Å²) >= 11 is 10.1. The van der Waals surface area contributed by atoms with Crippen molar-refractivity contribution in [2.45, 2.75) is 13.8 Å². The Morgan fingerprint density at radius 3 is 1.82 bits per heavy atom. The topological polar surface area (TPSA) is 129 Å². The molecule has 1 aromatic heterocycles. The van der Waals surface area contributed by atoms with Crippen molar-refractivity contribution in [2.24, 2.45) is 0 Å². The smallest absolute Gasteiger partial charge is 0.413 e. The number of benzene rings is 2. The number of hydrogen-bond donors (Lipinski definition) is 5. The van der Waals surface area contributed by atoms with Gasteiger partial charge in [0.1, 0.15) is 0 Å². The molecule has 2 aromatic carbocycles. The van der Waals surface area contributed by atoms with Gasteiger partial charge >= 0.3 is 12.2 Å². The second-order valence-corrected chi connectivity index (χ2v) is 6.88. The SMILES string of the molecule is CCOC(=O)NC(=S)Nc1ccccc1NC(=S)NC(=O)OCC.c1ccc2[nH]cnc2c1. The number of rotatable bonds is 4. The predicted molar refractivity (Wildman–Crippen MR) is 135 cm³/mol. The lowest BCUT2D eigenvalue weighted by Gasteiger charge is -2.15. The second kappa shape index (κ2) is 13.6. The third-order valence-electron chi connectivity index (χ3n) is 3.73. The van der Waals surface area contributed by atoms with Gasteiger partial charge in [-0.25, -0.2) is 14.6 Å². The summed E-state index contributed by atoms with van der Waals surface area (Å²) in [6, 6.07) is 14.9. The molecule has 0 aliphatic heterocycles. The van der Waals surface area contributed by atoms with E-state index in [0.29, 0.717) is 11.4 Å². The van der Waals surface area contributed by atoms with Gasteiger partial charge < -0.3 is 25.1 Å². The van der Waals surface area contributed by atoms with Gasteiger partial charge in [-0.15, -0.1) is 0 Å². The molecule has 0 saturated carbocycles. The van der Waals surface area contributed by atoms with Crippen molar-refractivity contribution in [3.63, 3.8) is 0 Å². The first-order chi connectivity index (χ1) is 15.9. The molecule has 12 heteroatoms. The van der Waals surface area contributed by atoms with Crippen LogP contribution in [0.5, 0.6) is 0 Å². The Hall–Kier alpha value is -3.77. The van der Waals surface area contributed by atoms with Crippen LogP contribution in [0.25, 0.3) is 11.0 Å². The number of imidazole rings is 1. The molecule has 10 nitrogen and oxygen atoms in total. The molecule has 3 rings (SSSR count). The Bertz CT molecular complexity index is 1020. The molecule has 0 unspecified atom stereocenters. The average molecular weight is 489 g/mol. The van der Waals surface area contributed by atoms with E-state index in [1.54, 1.807) is 44.4 Å². The van der Waals surface area contributed by atoms with Gasteiger partial charge in [-0.3, -0.25) is 10.6 Å². The quantitative estimate of drug-likeness (QED) is 0.344. The molecule has 2 amide bonds. The highest BCUT2D eigenvalue weighted by atomic mass is 32.1. The Kier molecular flexibility index (Phi) is 10.5. The molecular weight excluding hydrogens is 464 g/mol. The van der Waals surface area contributed by atoms with E-state index in [1.807, 2.05) is 24.3 Å². The number of nitrogens with zero attached hydrogens (tertiary/aromatic N) is 1. The van der Waals surface area contributed by atoms with E-state index in [9.17, 15) is 9.59 Å². The van der Waals surface area contributed by atoms with E-state index in [4.69, 9.17) is 33.9 Å². The Balaban J connectivity index is 0.000000349. The van der Waals surface area contributed by atoms with Crippen molar-refractivity contribution in [3.05, 3.63) is 54.9 Å². The van der Waals surface area contributed by atoms with Gasteiger partial charge in [-0.1, -0.05) is 24.3 Å². The van der Waals surface area contributed by atoms with Crippen LogP contribution < -0.4 is 21.3 Å². The summed E-state index contributed by atoms with van der Waals surface area (Å²) in [5.74, 6) is 0. The number of fused-ring (bicyclic) bond motifs is 1. The molecule has 0 fully saturated rings. The number of H-pyrrole nitrogens is 1. The molecule has 0 aliphatic rings. The number of anilines is 2. The molecule has 0 radical (unpaired) electrons. The molecule has 0 spiro atoms. The highest BCUT2D eigenvalue weighted by molar-refractivity contribution is 7.80. The summed E-state index contributed by atoms with van der Waals surface area (Å²) in [5, 5.41) is 10.5. The van der Waals surface area contributed by atoms with Crippen molar-refractivity contribution in [2.75, 3.05) is 23.8 Å². The van der Waals surface area contributed by atoms with E-state index < -0.39 is 12.2 Å². The number of hydrogen-bond acceptors (Lipinski definition) is 7. The molecule has 0 aliphatic carbocycles. The average Bonchev–Trinajstić information content (AvgIpc) is 3.24. The third-order valence-corrected chi connectivity index (χ3v) is 4.14. The third kappa shape index (κ3) is 9.09. The summed E-state index contributed by atoms with van der Waals surface area (Å²) in [5.41, 5.74) is 3.22. The van der Waals surface area contributed by atoms with E-state index >= 15 is 0 Å². The Labute approximate surface area is 201 Å². The van der Waals surface area contributed by atoms with Crippen LogP contribution in [-0.4, -0.2) is 45.6 Å². The van der Waals surface area contributed by atoms with Gasteiger partial charge in [0.05, 0.1) is 41.9 Å². The summed E-state index contributed by atoms with van der Waals surface area (Å²) in [6.45, 7) is 3.85. The van der Waals surface area contributed by atoms with Crippen molar-refractivity contribution in [3.8, 4) is 0 Å². The number of carbonyl (C=O) groups is 2. The van der Waals surface area contributed by atoms with Gasteiger partial charge in [0, 0.05) is 0 Å². The van der Waals surface area contributed by atoms with Crippen molar-refractivity contribution in [1.82, 2.24) is 20.6 Å². The number of amides is 2. The summed E-state index contributed by atoms with van der Waals surface area (Å²) in [6.07, 6.45) is 0.393. The van der Waals surface area contributed by atoms with Gasteiger partial charge in [-0.2, -0.15) is 0 Å². The van der Waals surface area contributed by atoms with Crippen LogP contribution in [0.3, 0.4) is 0 Å². The molecule has 5 N–H and O–H groups in total. The fraction of sp³-hybridized carbons (Fsp3) is 0.190. The number of ether oxygens (including phenoxy) is 2. The van der Waals surface area contributed by atoms with Gasteiger partial charge in [0.25, 0.3) is 0 Å². The molecule has 0 atom stereocenters. The zero-order chi connectivity index (χ0) is 24.1. The first-order valence-corrected chi connectivity index (χ1v) is 10.7. The van der Waals surface area contributed by atoms with Gasteiger partial charge in [-0.05, 0) is 62.5 Å². The summed E-state index contributed by atoms with van der Waals surface area (Å²) in [4.78, 5) is 29.7. The van der Waals surface area contributed by atoms with Crippen LogP contribution in [0, 0.1) is 0 Å². The highest BCUT2D eigenvalue weighted by Gasteiger charge is 2.10. The molecule has 174 valence electrons. The minimum atomic E-state index is -0.653. The lowest BCUT2D eigenvalue weighted by molar-refractivity contribution is 0.157. The van der Waals surface area contributed by atoms with Crippen LogP contribution in [0.4, 0.5) is 21.0 Å². The lowest BCUT2D eigenvalue weighted by atomic mass is 10.2. The van der Waals surface area contributed by atoms with Crippen molar-refractivity contribution >= 4 is 69.3 Å². The Morgan fingerprint density at radius 2 is 1.33 bits per heavy atom. The standard InChI is InChI=1S/C14H18N4O4S2.C7H6N2/c1-3-21-13(19)17-11(23)15-9-7-5-6-8-10(9)16-12(24)18-14(20)22-4-2;1-2-4-7-6(3-1)8-5-9-7/h5-8H,3-4H2,1-2H3,(H2,15,17,19,23)(H2,16,18,20,24);1-5H,(H,8,9). The lowest BCUT2D eigenvalue weighted by Crippen LogP contribution is -2.36. The fourth-order valence-corrected chi connectivity index (χ4v) is 2.79. The number of alkyl carbamates (subject to hydrolysis) is 2. The maximum absolute atomic E-state index is 11.3. The van der Waals surface area contributed by atoms with Gasteiger partial charge in [0.2, 0.25) is 0 Å². The monoisotopic (exact) mass is 488 g/mol. The van der Waals surface area contributed by atoms with Crippen molar-refractivity contribution in [1.29, 1.82) is 0 Å². The Morgan fingerprint density at radius 1 is 0.848 bits per heavy atom. The molecular formula is C21H24N6O4S2. The van der Waals surface area contributed by atoms with Crippen LogP contribution >= 0.6 is 24.4 Å². The molecule has 0 bridgehead atoms. The molecule has 1 heterocycles. The minimum Gasteiger partial charge on any atom is -0.450 e. The molecule has 0 saturated heterocycles. The predicted octanol–water partition coefficient (Wildman–Crippen LogP) is 4.14. The van der Waals surface area contributed by atoms with Crippen molar-refractivity contribution < 1.29 is 19.1 Å². The van der Waals surface area contributed by atoms with Crippen LogP contribution in [-0.2, 0) is 9.47 Å². The number of thiocarbonyl (C=S) groups is 2. The summed E-state index contributed by atoms with van der Waals surface area (Å²) < 4.78 is 9.47. The van der Waals surface area contributed by atoms with Gasteiger partial charge in [0.15, 0.2) is 10.2 Å². The maximum Gasteiger partial charge on any atom is 0.413 e.